The van der Waals surface area contributed by atoms with Gasteiger partial charge in [0.1, 0.15) is 17.2 Å². The van der Waals surface area contributed by atoms with Crippen molar-refractivity contribution in [3.05, 3.63) is 62.6 Å². The van der Waals surface area contributed by atoms with E-state index in [2.05, 4.69) is 5.32 Å². The number of aromatic hydroxyl groups is 1. The van der Waals surface area contributed by atoms with Crippen molar-refractivity contribution in [3.8, 4) is 5.75 Å². The van der Waals surface area contributed by atoms with Crippen molar-refractivity contribution in [2.45, 2.75) is 45.5 Å². The van der Waals surface area contributed by atoms with Gasteiger partial charge in [-0.15, -0.1) is 0 Å². The molecular weight excluding hydrogens is 424 g/mol. The summed E-state index contributed by atoms with van der Waals surface area (Å²) < 4.78 is 34.2. The first-order valence-electron chi connectivity index (χ1n) is 10.2. The van der Waals surface area contributed by atoms with E-state index in [9.17, 15) is 28.3 Å². The van der Waals surface area contributed by atoms with E-state index in [1.165, 1.54) is 10.6 Å². The molecule has 1 unspecified atom stereocenters. The maximum absolute atomic E-state index is 13.9. The summed E-state index contributed by atoms with van der Waals surface area (Å²) in [6.07, 6.45) is 0. The summed E-state index contributed by atoms with van der Waals surface area (Å²) in [5.41, 5.74) is -2.15. The van der Waals surface area contributed by atoms with Crippen molar-refractivity contribution >= 4 is 11.8 Å². The minimum atomic E-state index is -1.00. The highest BCUT2D eigenvalue weighted by Crippen LogP contribution is 2.37. The lowest BCUT2D eigenvalue weighted by atomic mass is 9.92. The van der Waals surface area contributed by atoms with Crippen molar-refractivity contribution in [1.29, 1.82) is 0 Å². The van der Waals surface area contributed by atoms with Crippen molar-refractivity contribution in [2.24, 2.45) is 0 Å². The van der Waals surface area contributed by atoms with Gasteiger partial charge in [-0.2, -0.15) is 0 Å². The Morgan fingerprint density at radius 3 is 2.69 bits per heavy atom. The van der Waals surface area contributed by atoms with Crippen LogP contribution in [0.2, 0.25) is 0 Å². The molecule has 0 spiro atoms. The van der Waals surface area contributed by atoms with Crippen molar-refractivity contribution < 1.29 is 28.2 Å². The smallest absolute Gasteiger partial charge is 0.274 e. The Morgan fingerprint density at radius 2 is 2.03 bits per heavy atom. The average molecular weight is 447 g/mol. The predicted molar refractivity (Wildman–Crippen MR) is 109 cm³/mol. The van der Waals surface area contributed by atoms with Gasteiger partial charge >= 0.3 is 0 Å². The number of pyridine rings is 1. The lowest BCUT2D eigenvalue weighted by Gasteiger charge is -2.48. The van der Waals surface area contributed by atoms with Gasteiger partial charge in [0.2, 0.25) is 5.43 Å². The van der Waals surface area contributed by atoms with Crippen LogP contribution in [0.25, 0.3) is 0 Å². The molecule has 3 heterocycles. The Balaban J connectivity index is 1.79. The highest BCUT2D eigenvalue weighted by molar-refractivity contribution is 6.00. The first-order chi connectivity index (χ1) is 15.0. The number of halogens is 2. The summed E-state index contributed by atoms with van der Waals surface area (Å²) in [6, 6.07) is 2.75. The Morgan fingerprint density at radius 1 is 1.31 bits per heavy atom. The number of carbonyl (C=O) groups excluding carboxylic acids is 2. The van der Waals surface area contributed by atoms with Gasteiger partial charge in [0, 0.05) is 30.8 Å². The zero-order chi connectivity index (χ0) is 23.4. The minimum absolute atomic E-state index is 0.0273. The summed E-state index contributed by atoms with van der Waals surface area (Å²) in [6.45, 7) is 5.55. The van der Waals surface area contributed by atoms with E-state index in [0.29, 0.717) is 6.07 Å². The van der Waals surface area contributed by atoms with E-state index in [1.54, 1.807) is 4.90 Å². The zero-order valence-electron chi connectivity index (χ0n) is 17.9. The SMILES string of the molecule is CC(C)N1CC2(C)COCc3c(C(=O)NCc4ccc(F)cc4F)c(=O)c(O)c(n32)C1=O. The van der Waals surface area contributed by atoms with Crippen LogP contribution in [0.3, 0.4) is 0 Å². The van der Waals surface area contributed by atoms with Gasteiger partial charge in [-0.25, -0.2) is 8.78 Å². The second-order valence-corrected chi connectivity index (χ2v) is 8.62. The highest BCUT2D eigenvalue weighted by Gasteiger charge is 2.47. The molecule has 0 saturated carbocycles. The summed E-state index contributed by atoms with van der Waals surface area (Å²) >= 11 is 0. The van der Waals surface area contributed by atoms with Crippen LogP contribution in [0.15, 0.2) is 23.0 Å². The van der Waals surface area contributed by atoms with E-state index in [4.69, 9.17) is 4.74 Å². The molecular formula is C22H23F2N3O5. The van der Waals surface area contributed by atoms with E-state index in [0.717, 1.165) is 6.07 Å². The minimum Gasteiger partial charge on any atom is -0.503 e. The topological polar surface area (TPSA) is 101 Å². The maximum atomic E-state index is 13.9. The zero-order valence-corrected chi connectivity index (χ0v) is 17.9. The van der Waals surface area contributed by atoms with Crippen LogP contribution in [0.4, 0.5) is 8.78 Å². The largest absolute Gasteiger partial charge is 0.503 e. The number of rotatable bonds is 4. The average Bonchev–Trinajstić information content (AvgIpc) is 2.72. The molecule has 2 aliphatic heterocycles. The normalized spacial score (nSPS) is 19.8. The molecule has 2 amide bonds. The second-order valence-electron chi connectivity index (χ2n) is 8.62. The number of hydrogen-bond acceptors (Lipinski definition) is 5. The number of aromatic nitrogens is 1. The van der Waals surface area contributed by atoms with Gasteiger partial charge in [-0.3, -0.25) is 14.4 Å². The molecule has 2 aliphatic rings. The number of benzene rings is 1. The van der Waals surface area contributed by atoms with Gasteiger partial charge in [0.05, 0.1) is 24.4 Å². The van der Waals surface area contributed by atoms with Crippen molar-refractivity contribution in [1.82, 2.24) is 14.8 Å². The third-order valence-electron chi connectivity index (χ3n) is 5.92. The van der Waals surface area contributed by atoms with E-state index in [1.807, 2.05) is 20.8 Å². The lowest BCUT2D eigenvalue weighted by Crippen LogP contribution is -2.59. The fourth-order valence-corrected chi connectivity index (χ4v) is 4.34. The molecule has 0 radical (unpaired) electrons. The molecule has 2 aromatic rings. The molecule has 170 valence electrons. The Hall–Kier alpha value is -3.27. The fourth-order valence-electron chi connectivity index (χ4n) is 4.34. The number of ether oxygens (including phenoxy) is 1. The van der Waals surface area contributed by atoms with Crippen LogP contribution < -0.4 is 10.7 Å². The van der Waals surface area contributed by atoms with Crippen molar-refractivity contribution in [2.75, 3.05) is 13.2 Å². The van der Waals surface area contributed by atoms with Crippen LogP contribution in [0.1, 0.15) is 52.9 Å². The molecule has 0 bridgehead atoms. The summed E-state index contributed by atoms with van der Waals surface area (Å²) in [5.74, 6) is -3.76. The van der Waals surface area contributed by atoms with Gasteiger partial charge in [0.25, 0.3) is 11.8 Å². The van der Waals surface area contributed by atoms with Crippen molar-refractivity contribution in [3.63, 3.8) is 0 Å². The van der Waals surface area contributed by atoms with Gasteiger partial charge in [0.15, 0.2) is 11.4 Å². The fraction of sp³-hybridized carbons (Fsp3) is 0.409. The summed E-state index contributed by atoms with van der Waals surface area (Å²) in [5, 5.41) is 13.1. The molecule has 0 aliphatic carbocycles. The molecule has 1 aromatic carbocycles. The number of hydrogen-bond donors (Lipinski definition) is 2. The highest BCUT2D eigenvalue weighted by atomic mass is 19.1. The monoisotopic (exact) mass is 447 g/mol. The first kappa shape index (κ1) is 21.9. The first-order valence-corrected chi connectivity index (χ1v) is 10.2. The van der Waals surface area contributed by atoms with Crippen LogP contribution in [-0.4, -0.2) is 45.6 Å². The van der Waals surface area contributed by atoms with Crippen LogP contribution >= 0.6 is 0 Å². The van der Waals surface area contributed by atoms with Gasteiger partial charge in [-0.05, 0) is 26.8 Å². The molecule has 0 saturated heterocycles. The Kier molecular flexibility index (Phi) is 5.28. The Labute approximate surface area is 182 Å². The standard InChI is InChI=1S/C22H23F2N3O5/c1-11(2)26-9-22(3)10-32-8-15-16(18(28)19(29)17(21(26)31)27(15)22)20(30)25-7-12-4-5-13(23)6-14(12)24/h4-6,11,29H,7-10H2,1-3H3,(H,25,30). The molecule has 1 atom stereocenters. The number of amides is 2. The second kappa shape index (κ2) is 7.70. The number of carbonyl (C=O) groups is 2. The van der Waals surface area contributed by atoms with E-state index in [-0.39, 0.29) is 54.9 Å². The van der Waals surface area contributed by atoms with Gasteiger partial charge < -0.3 is 24.6 Å². The maximum Gasteiger partial charge on any atom is 0.274 e. The summed E-state index contributed by atoms with van der Waals surface area (Å²) in [4.78, 5) is 40.5. The number of nitrogens with zero attached hydrogens (tertiary/aromatic N) is 2. The number of nitrogens with one attached hydrogen (secondary N) is 1. The quantitative estimate of drug-likeness (QED) is 0.745. The third-order valence-corrected chi connectivity index (χ3v) is 5.92. The summed E-state index contributed by atoms with van der Waals surface area (Å²) in [7, 11) is 0. The van der Waals surface area contributed by atoms with Crippen LogP contribution in [-0.2, 0) is 23.4 Å². The third kappa shape index (κ3) is 3.35. The van der Waals surface area contributed by atoms with Crippen LogP contribution in [0, 0.1) is 11.6 Å². The predicted octanol–water partition coefficient (Wildman–Crippen LogP) is 1.87. The molecule has 8 nitrogen and oxygen atoms in total. The lowest BCUT2D eigenvalue weighted by molar-refractivity contribution is -0.0221. The van der Waals surface area contributed by atoms with Crippen LogP contribution in [0.5, 0.6) is 5.75 Å². The van der Waals surface area contributed by atoms with E-state index >= 15 is 0 Å². The van der Waals surface area contributed by atoms with Gasteiger partial charge in [-0.1, -0.05) is 6.07 Å². The molecule has 1 aromatic heterocycles. The molecule has 4 rings (SSSR count). The van der Waals surface area contributed by atoms with E-state index < -0.39 is 40.2 Å². The molecule has 32 heavy (non-hydrogen) atoms. The molecule has 10 heteroatoms. The molecule has 2 N–H and O–H groups in total. The Bertz CT molecular complexity index is 1190. The molecule has 0 fully saturated rings.